The van der Waals surface area contributed by atoms with E-state index in [2.05, 4.69) is 0 Å². The summed E-state index contributed by atoms with van der Waals surface area (Å²) >= 11 is 4.79. The summed E-state index contributed by atoms with van der Waals surface area (Å²) in [4.78, 5) is 0.121. The number of benzene rings is 1. The van der Waals surface area contributed by atoms with E-state index >= 15 is 0 Å². The highest BCUT2D eigenvalue weighted by Gasteiger charge is 2.30. The third-order valence-electron chi connectivity index (χ3n) is 3.69. The summed E-state index contributed by atoms with van der Waals surface area (Å²) in [5.74, 6) is -0.434. The van der Waals surface area contributed by atoms with E-state index < -0.39 is 20.9 Å². The lowest BCUT2D eigenvalue weighted by Gasteiger charge is -2.28. The Morgan fingerprint density at radius 1 is 1.43 bits per heavy atom. The molecule has 0 bridgehead atoms. The van der Waals surface area contributed by atoms with Gasteiger partial charge in [-0.1, -0.05) is 12.2 Å². The van der Waals surface area contributed by atoms with E-state index in [0.717, 1.165) is 12.8 Å². The van der Waals surface area contributed by atoms with Crippen molar-refractivity contribution in [1.82, 2.24) is 0 Å². The highest BCUT2D eigenvalue weighted by Crippen LogP contribution is 2.29. The summed E-state index contributed by atoms with van der Waals surface area (Å²) in [6, 6.07) is 4.31. The van der Waals surface area contributed by atoms with Gasteiger partial charge in [0.05, 0.1) is 5.25 Å². The van der Waals surface area contributed by atoms with Gasteiger partial charge in [-0.05, 0) is 37.5 Å². The molecule has 2 atom stereocenters. The molecule has 0 saturated heterocycles. The fourth-order valence-electron chi connectivity index (χ4n) is 2.53. The van der Waals surface area contributed by atoms with Crippen molar-refractivity contribution in [3.05, 3.63) is 29.6 Å². The molecule has 116 valence electrons. The lowest BCUT2D eigenvalue weighted by molar-refractivity contribution is 0.150. The third kappa shape index (κ3) is 4.14. The Hall–Kier alpha value is -1.21. The standard InChI is InChI=1S/C14H18FNO3S2/c1-21(17,18)11-4-2-3-10(8-11)19-13-6-5-9(14(16)20)7-12(13)15/h5-7,10-11H,2-4,8H2,1H3,(H2,16,20). The molecule has 0 radical (unpaired) electrons. The van der Waals surface area contributed by atoms with E-state index in [4.69, 9.17) is 22.7 Å². The van der Waals surface area contributed by atoms with E-state index in [1.54, 1.807) is 6.07 Å². The first kappa shape index (κ1) is 16.2. The van der Waals surface area contributed by atoms with Gasteiger partial charge in [0.1, 0.15) is 20.9 Å². The van der Waals surface area contributed by atoms with Crippen LogP contribution in [0.15, 0.2) is 18.2 Å². The molecule has 21 heavy (non-hydrogen) atoms. The van der Waals surface area contributed by atoms with Crippen LogP contribution in [0.25, 0.3) is 0 Å². The van der Waals surface area contributed by atoms with E-state index in [-0.39, 0.29) is 16.8 Å². The van der Waals surface area contributed by atoms with Gasteiger partial charge >= 0.3 is 0 Å². The van der Waals surface area contributed by atoms with Crippen LogP contribution in [0, 0.1) is 5.82 Å². The van der Waals surface area contributed by atoms with Crippen molar-refractivity contribution in [2.45, 2.75) is 37.0 Å². The fraction of sp³-hybridized carbons (Fsp3) is 0.500. The number of ether oxygens (including phenoxy) is 1. The molecule has 0 amide bonds. The second-order valence-electron chi connectivity index (χ2n) is 5.37. The Labute approximate surface area is 129 Å². The third-order valence-corrected chi connectivity index (χ3v) is 5.57. The van der Waals surface area contributed by atoms with Crippen molar-refractivity contribution < 1.29 is 17.5 Å². The van der Waals surface area contributed by atoms with Gasteiger partial charge in [-0.15, -0.1) is 0 Å². The predicted octanol–water partition coefficient (Wildman–Crippen LogP) is 2.19. The zero-order valence-electron chi connectivity index (χ0n) is 11.7. The van der Waals surface area contributed by atoms with Gasteiger partial charge in [0.2, 0.25) is 0 Å². The Balaban J connectivity index is 2.09. The van der Waals surface area contributed by atoms with Gasteiger partial charge in [0.25, 0.3) is 0 Å². The molecule has 7 heteroatoms. The molecule has 0 aliphatic heterocycles. The summed E-state index contributed by atoms with van der Waals surface area (Å²) in [5.41, 5.74) is 5.88. The summed E-state index contributed by atoms with van der Waals surface area (Å²) in [6.07, 6.45) is 3.47. The van der Waals surface area contributed by atoms with Gasteiger partial charge < -0.3 is 10.5 Å². The van der Waals surface area contributed by atoms with Gasteiger partial charge in [0.15, 0.2) is 11.6 Å². The number of hydrogen-bond donors (Lipinski definition) is 1. The highest BCUT2D eigenvalue weighted by atomic mass is 32.2. The molecule has 1 fully saturated rings. The van der Waals surface area contributed by atoms with Crippen molar-refractivity contribution in [2.24, 2.45) is 5.73 Å². The van der Waals surface area contributed by atoms with Crippen molar-refractivity contribution in [1.29, 1.82) is 0 Å². The molecule has 0 heterocycles. The molecule has 0 spiro atoms. The van der Waals surface area contributed by atoms with Gasteiger partial charge in [-0.2, -0.15) is 0 Å². The summed E-state index contributed by atoms with van der Waals surface area (Å²) in [7, 11) is -3.09. The first-order valence-electron chi connectivity index (χ1n) is 6.72. The van der Waals surface area contributed by atoms with Crippen LogP contribution in [0.2, 0.25) is 0 Å². The second-order valence-corrected chi connectivity index (χ2v) is 8.13. The van der Waals surface area contributed by atoms with Crippen molar-refractivity contribution in [2.75, 3.05) is 6.26 Å². The number of nitrogens with two attached hydrogens (primary N) is 1. The average Bonchev–Trinajstić information content (AvgIpc) is 2.40. The smallest absolute Gasteiger partial charge is 0.165 e. The molecule has 2 N–H and O–H groups in total. The molecule has 2 unspecified atom stereocenters. The maximum Gasteiger partial charge on any atom is 0.165 e. The van der Waals surface area contributed by atoms with Crippen LogP contribution >= 0.6 is 12.2 Å². The minimum absolute atomic E-state index is 0.106. The van der Waals surface area contributed by atoms with Gasteiger partial charge in [-0.3, -0.25) is 0 Å². The Kier molecular flexibility index (Phi) is 4.83. The van der Waals surface area contributed by atoms with E-state index in [1.165, 1.54) is 18.4 Å². The number of hydrogen-bond acceptors (Lipinski definition) is 4. The monoisotopic (exact) mass is 331 g/mol. The Morgan fingerprint density at radius 2 is 2.14 bits per heavy atom. The van der Waals surface area contributed by atoms with Crippen LogP contribution < -0.4 is 10.5 Å². The number of rotatable bonds is 4. The quantitative estimate of drug-likeness (QED) is 0.857. The molecule has 1 saturated carbocycles. The van der Waals surface area contributed by atoms with Crippen LogP contribution in [-0.4, -0.2) is 31.0 Å². The molecule has 0 aromatic heterocycles. The summed E-state index contributed by atoms with van der Waals surface area (Å²) < 4.78 is 42.8. The molecule has 2 rings (SSSR count). The maximum absolute atomic E-state index is 13.9. The second kappa shape index (κ2) is 6.27. The number of thiocarbonyl (C=S) groups is 1. The van der Waals surface area contributed by atoms with Crippen LogP contribution in [0.1, 0.15) is 31.2 Å². The molecule has 4 nitrogen and oxygen atoms in total. The van der Waals surface area contributed by atoms with Gasteiger partial charge in [0, 0.05) is 18.2 Å². The highest BCUT2D eigenvalue weighted by molar-refractivity contribution is 7.91. The Morgan fingerprint density at radius 3 is 2.71 bits per heavy atom. The zero-order valence-corrected chi connectivity index (χ0v) is 13.3. The molecule has 1 aliphatic carbocycles. The van der Waals surface area contributed by atoms with Crippen LogP contribution in [0.3, 0.4) is 0 Å². The molecule has 1 aromatic rings. The van der Waals surface area contributed by atoms with E-state index in [0.29, 0.717) is 18.4 Å². The van der Waals surface area contributed by atoms with Crippen molar-refractivity contribution >= 4 is 27.0 Å². The lowest BCUT2D eigenvalue weighted by atomic mass is 9.97. The normalized spacial score (nSPS) is 22.8. The van der Waals surface area contributed by atoms with E-state index in [9.17, 15) is 12.8 Å². The first-order chi connectivity index (χ1) is 9.77. The van der Waals surface area contributed by atoms with Gasteiger partial charge in [-0.25, -0.2) is 12.8 Å². The SMILES string of the molecule is CS(=O)(=O)C1CCCC(Oc2ccc(C(N)=S)cc2F)C1. The molecule has 1 aromatic carbocycles. The van der Waals surface area contributed by atoms with Crippen molar-refractivity contribution in [3.63, 3.8) is 0 Å². The predicted molar refractivity (Wildman–Crippen MR) is 83.8 cm³/mol. The molecular formula is C14H18FNO3S2. The van der Waals surface area contributed by atoms with E-state index in [1.807, 2.05) is 0 Å². The minimum atomic E-state index is -3.09. The molecule has 1 aliphatic rings. The summed E-state index contributed by atoms with van der Waals surface area (Å²) in [5, 5.41) is -0.407. The zero-order chi connectivity index (χ0) is 15.6. The van der Waals surface area contributed by atoms with Crippen molar-refractivity contribution in [3.8, 4) is 5.75 Å². The fourth-order valence-corrected chi connectivity index (χ4v) is 3.81. The largest absolute Gasteiger partial charge is 0.487 e. The Bertz CT molecular complexity index is 646. The first-order valence-corrected chi connectivity index (χ1v) is 9.08. The average molecular weight is 331 g/mol. The number of sulfone groups is 1. The number of halogens is 1. The van der Waals surface area contributed by atoms with Crippen LogP contribution in [-0.2, 0) is 9.84 Å². The maximum atomic E-state index is 13.9. The minimum Gasteiger partial charge on any atom is -0.487 e. The summed E-state index contributed by atoms with van der Waals surface area (Å²) in [6.45, 7) is 0. The van der Waals surface area contributed by atoms with Crippen LogP contribution in [0.5, 0.6) is 5.75 Å². The van der Waals surface area contributed by atoms with Crippen LogP contribution in [0.4, 0.5) is 4.39 Å². The lowest BCUT2D eigenvalue weighted by Crippen LogP contribution is -2.33. The molecular weight excluding hydrogens is 313 g/mol. The topological polar surface area (TPSA) is 69.4 Å².